The Morgan fingerprint density at radius 3 is 0.300 bits per heavy atom. The summed E-state index contributed by atoms with van der Waals surface area (Å²) in [6.07, 6.45) is 0. The second kappa shape index (κ2) is 89.4. The summed E-state index contributed by atoms with van der Waals surface area (Å²) < 4.78 is 0. The Balaban J connectivity index is 0. The first-order chi connectivity index (χ1) is 0. The van der Waals surface area contributed by atoms with E-state index in [0.29, 0.717) is 0 Å². The van der Waals surface area contributed by atoms with Crippen molar-refractivity contribution in [2.45, 2.75) is 0 Å². The van der Waals surface area contributed by atoms with E-state index in [0.717, 1.165) is 0 Å². The van der Waals surface area contributed by atoms with E-state index in [-0.39, 0.29) is 188 Å². The van der Waals surface area contributed by atoms with Crippen LogP contribution in [0.3, 0.4) is 0 Å². The van der Waals surface area contributed by atoms with Gasteiger partial charge in [-0.1, -0.05) is 0 Å². The molecule has 0 aromatic rings. The summed E-state index contributed by atoms with van der Waals surface area (Å²) in [7, 11) is 0. The fourth-order valence-corrected chi connectivity index (χ4v) is 0. The Morgan fingerprint density at radius 1 is 0.300 bits per heavy atom. The smallest absolute Gasteiger partial charge is 2.00 e. The van der Waals surface area contributed by atoms with Crippen molar-refractivity contribution in [3.63, 3.8) is 0 Å². The van der Waals surface area contributed by atoms with E-state index in [1.807, 2.05) is 0 Å². The summed E-state index contributed by atoms with van der Waals surface area (Å²) in [5.74, 6) is 0. The molecular formula is O3S3Y4. The van der Waals surface area contributed by atoms with E-state index in [1.165, 1.54) is 0 Å². The summed E-state index contributed by atoms with van der Waals surface area (Å²) in [6, 6.07) is 0. The van der Waals surface area contributed by atoms with Crippen molar-refractivity contribution < 1.29 is 147 Å². The van der Waals surface area contributed by atoms with Crippen LogP contribution in [0.5, 0.6) is 0 Å². The minimum absolute atomic E-state index is 0. The van der Waals surface area contributed by atoms with Gasteiger partial charge in [-0.05, 0) is 0 Å². The Morgan fingerprint density at radius 2 is 0.300 bits per heavy atom. The Kier molecular flexibility index (Phi) is 988. The van der Waals surface area contributed by atoms with E-state index in [9.17, 15) is 0 Å². The molecule has 0 bridgehead atoms. The molecule has 0 radical (unpaired) electrons. The average molecular weight is 500 g/mol. The zero-order valence-corrected chi connectivity index (χ0v) is 18.6. The second-order valence-electron chi connectivity index (χ2n) is 0. The number of rotatable bonds is 0. The molecule has 0 atom stereocenters. The molecule has 10 heavy (non-hydrogen) atoms. The first kappa shape index (κ1) is 111. The molecule has 0 saturated carbocycles. The van der Waals surface area contributed by atoms with Crippen LogP contribution in [0.15, 0.2) is 0 Å². The molecule has 0 aromatic heterocycles. The minimum atomic E-state index is 0. The molecule has 48 valence electrons. The standard InChI is InChI=1S/3O.3S.4Y/q6*-2;4*+3. The van der Waals surface area contributed by atoms with Crippen molar-refractivity contribution in [3.05, 3.63) is 0 Å². The molecule has 0 aliphatic carbocycles. The van der Waals surface area contributed by atoms with Crippen molar-refractivity contribution in [3.8, 4) is 0 Å². The molecule has 0 amide bonds. The molecule has 0 unspecified atom stereocenters. The van der Waals surface area contributed by atoms with E-state index in [1.54, 1.807) is 0 Å². The molecule has 0 rings (SSSR count). The van der Waals surface area contributed by atoms with Crippen LogP contribution >= 0.6 is 0 Å². The predicted molar refractivity (Wildman–Crippen MR) is 24.2 cm³/mol. The van der Waals surface area contributed by atoms with Gasteiger partial charge in [0.1, 0.15) is 0 Å². The summed E-state index contributed by atoms with van der Waals surface area (Å²) in [4.78, 5) is 0. The Bertz CT molecular complexity index is 15.7. The van der Waals surface area contributed by atoms with Crippen molar-refractivity contribution in [2.75, 3.05) is 0 Å². The van der Waals surface area contributed by atoms with Gasteiger partial charge < -0.3 is 56.9 Å². The Hall–Kier alpha value is 5.35. The first-order valence-electron chi connectivity index (χ1n) is 0. The van der Waals surface area contributed by atoms with Gasteiger partial charge in [-0.15, -0.1) is 0 Å². The largest absolute Gasteiger partial charge is 3.00 e. The van der Waals surface area contributed by atoms with Crippen LogP contribution in [0.2, 0.25) is 0 Å². The molecule has 0 saturated heterocycles. The van der Waals surface area contributed by atoms with E-state index in [2.05, 4.69) is 0 Å². The van der Waals surface area contributed by atoms with Crippen LogP contribution in [0.4, 0.5) is 0 Å². The van der Waals surface area contributed by atoms with Crippen LogP contribution < -0.4 is 0 Å². The monoisotopic (exact) mass is 500 g/mol. The van der Waals surface area contributed by atoms with E-state index >= 15 is 0 Å². The van der Waals surface area contributed by atoms with Gasteiger partial charge in [0, 0.05) is 0 Å². The SMILES string of the molecule is [O-2].[O-2].[O-2].[S-2].[S-2].[S-2].[Y+3].[Y+3].[Y+3].[Y+3]. The van der Waals surface area contributed by atoms with Crippen molar-refractivity contribution in [1.29, 1.82) is 0 Å². The molecule has 0 aliphatic heterocycles. The van der Waals surface area contributed by atoms with E-state index in [4.69, 9.17) is 0 Å². The summed E-state index contributed by atoms with van der Waals surface area (Å²) in [5.41, 5.74) is 0. The van der Waals surface area contributed by atoms with Crippen LogP contribution in [0, 0.1) is 0 Å². The second-order valence-corrected chi connectivity index (χ2v) is 0. The molecule has 0 N–H and O–H groups in total. The maximum Gasteiger partial charge on any atom is 3.00 e. The minimum Gasteiger partial charge on any atom is -2.00 e. The van der Waals surface area contributed by atoms with Gasteiger partial charge >= 0.3 is 131 Å². The molecule has 0 fully saturated rings. The van der Waals surface area contributed by atoms with Crippen LogP contribution in [0.1, 0.15) is 0 Å². The third kappa shape index (κ3) is 71.2. The zero-order valence-electron chi connectivity index (χ0n) is 4.76. The van der Waals surface area contributed by atoms with Crippen LogP contribution in [-0.4, -0.2) is 0 Å². The third-order valence-electron chi connectivity index (χ3n) is 0. The van der Waals surface area contributed by atoms with Crippen LogP contribution in [-0.2, 0) is 188 Å². The number of hydrogen-bond acceptors (Lipinski definition) is 0. The third-order valence-corrected chi connectivity index (χ3v) is 0. The predicted octanol–water partition coefficient (Wildman–Crippen LogP) is -0.374. The normalized spacial score (nSPS) is 0. The van der Waals surface area contributed by atoms with Crippen molar-refractivity contribution in [2.24, 2.45) is 0 Å². The quantitative estimate of drug-likeness (QED) is 0.435. The van der Waals surface area contributed by atoms with Gasteiger partial charge in [0.05, 0.1) is 0 Å². The molecule has 0 spiro atoms. The zero-order chi connectivity index (χ0) is 0. The average Bonchev–Trinajstić information content (AvgIpc) is 0. The number of hydrogen-bond donors (Lipinski definition) is 0. The van der Waals surface area contributed by atoms with Gasteiger partial charge in [0.15, 0.2) is 0 Å². The maximum absolute atomic E-state index is 0. The fourth-order valence-electron chi connectivity index (χ4n) is 0. The van der Waals surface area contributed by atoms with Gasteiger partial charge in [0.25, 0.3) is 0 Å². The molecule has 0 aliphatic rings. The first-order valence-corrected chi connectivity index (χ1v) is 0. The van der Waals surface area contributed by atoms with Crippen molar-refractivity contribution in [1.82, 2.24) is 0 Å². The topological polar surface area (TPSA) is 85.5 Å². The molecular weight excluding hydrogens is 500 g/mol. The molecule has 0 aromatic carbocycles. The summed E-state index contributed by atoms with van der Waals surface area (Å²) in [6.45, 7) is 0. The van der Waals surface area contributed by atoms with Crippen LogP contribution in [0.25, 0.3) is 0 Å². The molecule has 10 heteroatoms. The molecule has 3 nitrogen and oxygen atoms in total. The summed E-state index contributed by atoms with van der Waals surface area (Å²) in [5, 5.41) is 0. The Labute approximate surface area is 183 Å². The van der Waals surface area contributed by atoms with Gasteiger partial charge in [-0.25, -0.2) is 0 Å². The maximum atomic E-state index is 0. The van der Waals surface area contributed by atoms with Gasteiger partial charge in [0.2, 0.25) is 0 Å². The summed E-state index contributed by atoms with van der Waals surface area (Å²) >= 11 is 0. The van der Waals surface area contributed by atoms with Gasteiger partial charge in [-0.2, -0.15) is 0 Å². The van der Waals surface area contributed by atoms with Gasteiger partial charge in [-0.3, -0.25) is 0 Å². The molecule has 0 heterocycles. The fraction of sp³-hybridized carbons (Fsp3) is 0. The van der Waals surface area contributed by atoms with E-state index < -0.39 is 0 Å². The van der Waals surface area contributed by atoms with Crippen molar-refractivity contribution >= 4 is 40.5 Å².